The maximum atomic E-state index is 12.4. The number of nitrogens with zero attached hydrogens (tertiary/aromatic N) is 1. The van der Waals surface area contributed by atoms with Crippen molar-refractivity contribution in [3.63, 3.8) is 0 Å². The SMILES string of the molecule is CC1CCCCN1C(=O)c1cc(N)cc(Br)c1. The van der Waals surface area contributed by atoms with E-state index in [0.29, 0.717) is 17.3 Å². The summed E-state index contributed by atoms with van der Waals surface area (Å²) in [5.41, 5.74) is 7.05. The van der Waals surface area contributed by atoms with Crippen LogP contribution in [-0.4, -0.2) is 23.4 Å². The summed E-state index contributed by atoms with van der Waals surface area (Å²) in [6.07, 6.45) is 3.40. The predicted molar refractivity (Wildman–Crippen MR) is 72.9 cm³/mol. The fraction of sp³-hybridized carbons (Fsp3) is 0.462. The molecule has 1 heterocycles. The lowest BCUT2D eigenvalue weighted by atomic mass is 10.0. The molecule has 1 aromatic rings. The van der Waals surface area contributed by atoms with Crippen LogP contribution in [0.1, 0.15) is 36.5 Å². The van der Waals surface area contributed by atoms with Crippen LogP contribution in [-0.2, 0) is 0 Å². The minimum absolute atomic E-state index is 0.0881. The molecule has 1 unspecified atom stereocenters. The van der Waals surface area contributed by atoms with Gasteiger partial charge in [0.05, 0.1) is 0 Å². The highest BCUT2D eigenvalue weighted by Gasteiger charge is 2.24. The summed E-state index contributed by atoms with van der Waals surface area (Å²) in [5.74, 6) is 0.0881. The van der Waals surface area contributed by atoms with Gasteiger partial charge >= 0.3 is 0 Å². The van der Waals surface area contributed by atoms with Gasteiger partial charge in [0.2, 0.25) is 0 Å². The van der Waals surface area contributed by atoms with E-state index in [4.69, 9.17) is 5.73 Å². The summed E-state index contributed by atoms with van der Waals surface area (Å²) >= 11 is 3.37. The van der Waals surface area contributed by atoms with Gasteiger partial charge in [0, 0.05) is 28.3 Å². The van der Waals surface area contributed by atoms with E-state index in [1.807, 2.05) is 11.0 Å². The summed E-state index contributed by atoms with van der Waals surface area (Å²) in [7, 11) is 0. The maximum absolute atomic E-state index is 12.4. The Labute approximate surface area is 110 Å². The van der Waals surface area contributed by atoms with Gasteiger partial charge in [0.25, 0.3) is 5.91 Å². The third kappa shape index (κ3) is 2.80. The molecule has 0 aromatic heterocycles. The number of nitrogens with two attached hydrogens (primary N) is 1. The third-order valence-corrected chi connectivity index (χ3v) is 3.69. The molecule has 1 aliphatic rings. The van der Waals surface area contributed by atoms with E-state index in [-0.39, 0.29) is 5.91 Å². The Bertz CT molecular complexity index is 413. The highest BCUT2D eigenvalue weighted by atomic mass is 79.9. The van der Waals surface area contributed by atoms with Crippen molar-refractivity contribution in [3.8, 4) is 0 Å². The van der Waals surface area contributed by atoms with Crippen LogP contribution in [0, 0.1) is 0 Å². The van der Waals surface area contributed by atoms with E-state index in [1.165, 1.54) is 6.42 Å². The maximum Gasteiger partial charge on any atom is 0.254 e. The lowest BCUT2D eigenvalue weighted by Crippen LogP contribution is -2.42. The molecule has 2 N–H and O–H groups in total. The van der Waals surface area contributed by atoms with Gasteiger partial charge in [-0.05, 0) is 44.4 Å². The molecule has 1 saturated heterocycles. The predicted octanol–water partition coefficient (Wildman–Crippen LogP) is 3.05. The van der Waals surface area contributed by atoms with E-state index in [0.717, 1.165) is 23.9 Å². The number of nitrogen functional groups attached to an aromatic ring is 1. The molecule has 1 amide bonds. The lowest BCUT2D eigenvalue weighted by Gasteiger charge is -2.33. The van der Waals surface area contributed by atoms with Crippen molar-refractivity contribution in [2.75, 3.05) is 12.3 Å². The van der Waals surface area contributed by atoms with Crippen LogP contribution in [0.25, 0.3) is 0 Å². The molecule has 1 fully saturated rings. The Balaban J connectivity index is 2.23. The quantitative estimate of drug-likeness (QED) is 0.810. The van der Waals surface area contributed by atoms with Crippen LogP contribution in [0.4, 0.5) is 5.69 Å². The molecule has 0 spiro atoms. The second kappa shape index (κ2) is 5.08. The molecule has 4 heteroatoms. The molecule has 0 aliphatic carbocycles. The number of hydrogen-bond acceptors (Lipinski definition) is 2. The van der Waals surface area contributed by atoms with E-state index in [9.17, 15) is 4.79 Å². The Morgan fingerprint density at radius 1 is 1.41 bits per heavy atom. The van der Waals surface area contributed by atoms with Crippen LogP contribution >= 0.6 is 15.9 Å². The van der Waals surface area contributed by atoms with Gasteiger partial charge < -0.3 is 10.6 Å². The highest BCUT2D eigenvalue weighted by Crippen LogP contribution is 2.22. The highest BCUT2D eigenvalue weighted by molar-refractivity contribution is 9.10. The van der Waals surface area contributed by atoms with Gasteiger partial charge in [-0.3, -0.25) is 4.79 Å². The molecule has 1 atom stereocenters. The van der Waals surface area contributed by atoms with Gasteiger partial charge in [-0.15, -0.1) is 0 Å². The van der Waals surface area contributed by atoms with Crippen molar-refractivity contribution in [3.05, 3.63) is 28.2 Å². The van der Waals surface area contributed by atoms with Crippen LogP contribution in [0.15, 0.2) is 22.7 Å². The second-order valence-electron chi connectivity index (χ2n) is 4.62. The normalized spacial score (nSPS) is 20.4. The Morgan fingerprint density at radius 3 is 2.82 bits per heavy atom. The van der Waals surface area contributed by atoms with Crippen LogP contribution in [0.2, 0.25) is 0 Å². The monoisotopic (exact) mass is 296 g/mol. The van der Waals surface area contributed by atoms with Gasteiger partial charge in [-0.2, -0.15) is 0 Å². The molecule has 1 aromatic carbocycles. The first kappa shape index (κ1) is 12.4. The first-order valence-electron chi connectivity index (χ1n) is 5.95. The summed E-state index contributed by atoms with van der Waals surface area (Å²) in [6, 6.07) is 5.71. The zero-order valence-corrected chi connectivity index (χ0v) is 11.5. The average Bonchev–Trinajstić information content (AvgIpc) is 2.27. The minimum Gasteiger partial charge on any atom is -0.399 e. The first-order chi connectivity index (χ1) is 8.08. The molecular weight excluding hydrogens is 280 g/mol. The van der Waals surface area contributed by atoms with Crippen molar-refractivity contribution < 1.29 is 4.79 Å². The molecule has 92 valence electrons. The second-order valence-corrected chi connectivity index (χ2v) is 5.53. The lowest BCUT2D eigenvalue weighted by molar-refractivity contribution is 0.0635. The zero-order valence-electron chi connectivity index (χ0n) is 9.95. The number of piperidine rings is 1. The Hall–Kier alpha value is -1.03. The average molecular weight is 297 g/mol. The fourth-order valence-electron chi connectivity index (χ4n) is 2.30. The summed E-state index contributed by atoms with van der Waals surface area (Å²) in [4.78, 5) is 14.3. The smallest absolute Gasteiger partial charge is 0.254 e. The largest absolute Gasteiger partial charge is 0.399 e. The molecule has 17 heavy (non-hydrogen) atoms. The molecule has 0 bridgehead atoms. The minimum atomic E-state index is 0.0881. The van der Waals surface area contributed by atoms with Gasteiger partial charge in [-0.25, -0.2) is 0 Å². The topological polar surface area (TPSA) is 46.3 Å². The number of benzene rings is 1. The van der Waals surface area contributed by atoms with E-state index in [2.05, 4.69) is 22.9 Å². The number of anilines is 1. The van der Waals surface area contributed by atoms with Crippen molar-refractivity contribution in [2.24, 2.45) is 0 Å². The van der Waals surface area contributed by atoms with E-state index in [1.54, 1.807) is 12.1 Å². The van der Waals surface area contributed by atoms with Gasteiger partial charge in [0.1, 0.15) is 0 Å². The molecule has 0 saturated carbocycles. The standard InChI is InChI=1S/C13H17BrN2O/c1-9-4-2-3-5-16(9)13(17)10-6-11(14)8-12(15)7-10/h6-9H,2-5,15H2,1H3. The van der Waals surface area contributed by atoms with E-state index >= 15 is 0 Å². The molecular formula is C13H17BrN2O. The number of amides is 1. The Morgan fingerprint density at radius 2 is 2.18 bits per heavy atom. The van der Waals surface area contributed by atoms with Crippen LogP contribution in [0.3, 0.4) is 0 Å². The summed E-state index contributed by atoms with van der Waals surface area (Å²) in [6.45, 7) is 2.96. The number of halogens is 1. The van der Waals surface area contributed by atoms with Crippen molar-refractivity contribution in [1.29, 1.82) is 0 Å². The van der Waals surface area contributed by atoms with Crippen LogP contribution < -0.4 is 5.73 Å². The number of carbonyl (C=O) groups is 1. The van der Waals surface area contributed by atoms with Crippen molar-refractivity contribution in [2.45, 2.75) is 32.2 Å². The molecule has 3 nitrogen and oxygen atoms in total. The third-order valence-electron chi connectivity index (χ3n) is 3.23. The molecule has 0 radical (unpaired) electrons. The van der Waals surface area contributed by atoms with E-state index < -0.39 is 0 Å². The molecule has 1 aliphatic heterocycles. The number of likely N-dealkylation sites (tertiary alicyclic amines) is 1. The van der Waals surface area contributed by atoms with Crippen molar-refractivity contribution >= 4 is 27.5 Å². The summed E-state index contributed by atoms with van der Waals surface area (Å²) in [5, 5.41) is 0. The summed E-state index contributed by atoms with van der Waals surface area (Å²) < 4.78 is 0.852. The number of rotatable bonds is 1. The zero-order chi connectivity index (χ0) is 12.4. The fourth-order valence-corrected chi connectivity index (χ4v) is 2.81. The molecule has 2 rings (SSSR count). The number of hydrogen-bond donors (Lipinski definition) is 1. The van der Waals surface area contributed by atoms with Gasteiger partial charge in [-0.1, -0.05) is 15.9 Å². The number of carbonyl (C=O) groups excluding carboxylic acids is 1. The first-order valence-corrected chi connectivity index (χ1v) is 6.74. The van der Waals surface area contributed by atoms with Crippen molar-refractivity contribution in [1.82, 2.24) is 4.90 Å². The van der Waals surface area contributed by atoms with Gasteiger partial charge in [0.15, 0.2) is 0 Å². The van der Waals surface area contributed by atoms with Crippen LogP contribution in [0.5, 0.6) is 0 Å². The Kier molecular flexibility index (Phi) is 3.72.